The Kier molecular flexibility index (Phi) is 6.59. The van der Waals surface area contributed by atoms with Gasteiger partial charge in [0.25, 0.3) is 5.91 Å². The molecule has 2 unspecified atom stereocenters. The van der Waals surface area contributed by atoms with Crippen LogP contribution in [0.2, 0.25) is 0 Å². The Morgan fingerprint density at radius 1 is 1.18 bits per heavy atom. The number of hydroxylamine groups is 1. The largest absolute Gasteiger partial charge is 0.489 e. The van der Waals surface area contributed by atoms with E-state index in [1.165, 1.54) is 12.1 Å². The Hall–Kier alpha value is -3.05. The third-order valence-electron chi connectivity index (χ3n) is 6.10. The fraction of sp³-hybridized carbons (Fsp3) is 0.333. The molecular formula is C24H27N3O6S. The lowest BCUT2D eigenvalue weighted by Crippen LogP contribution is -2.62. The van der Waals surface area contributed by atoms with E-state index in [1.807, 2.05) is 30.3 Å². The lowest BCUT2D eigenvalue weighted by molar-refractivity contribution is -0.140. The maximum Gasteiger partial charge on any atom is 0.262 e. The van der Waals surface area contributed by atoms with E-state index in [0.717, 1.165) is 20.8 Å². The van der Waals surface area contributed by atoms with Gasteiger partial charge in [-0.15, -0.1) is 0 Å². The van der Waals surface area contributed by atoms with Crippen molar-refractivity contribution in [3.05, 3.63) is 66.4 Å². The first kappa shape index (κ1) is 24.1. The highest BCUT2D eigenvalue weighted by atomic mass is 32.2. The molecule has 1 aliphatic rings. The number of carbonyl (C=O) groups is 1. The molecule has 2 aromatic carbocycles. The Morgan fingerprint density at radius 3 is 2.59 bits per heavy atom. The number of para-hydroxylation sites is 1. The Bertz CT molecular complexity index is 1290. The van der Waals surface area contributed by atoms with Crippen molar-refractivity contribution in [2.45, 2.75) is 43.9 Å². The molecule has 180 valence electrons. The molecule has 1 amide bonds. The second kappa shape index (κ2) is 9.30. The van der Waals surface area contributed by atoms with E-state index in [4.69, 9.17) is 4.74 Å². The number of nitrogens with one attached hydrogen (secondary N) is 1. The van der Waals surface area contributed by atoms with E-state index in [2.05, 4.69) is 4.98 Å². The zero-order valence-corrected chi connectivity index (χ0v) is 19.7. The topological polar surface area (TPSA) is 129 Å². The summed E-state index contributed by atoms with van der Waals surface area (Å²) >= 11 is 0. The second-order valence-corrected chi connectivity index (χ2v) is 10.9. The van der Waals surface area contributed by atoms with Crippen LogP contribution in [0.25, 0.3) is 10.9 Å². The van der Waals surface area contributed by atoms with Crippen molar-refractivity contribution < 1.29 is 28.3 Å². The summed E-state index contributed by atoms with van der Waals surface area (Å²) in [5.41, 5.74) is 2.47. The van der Waals surface area contributed by atoms with Gasteiger partial charge in [0.1, 0.15) is 18.4 Å². The number of benzene rings is 2. The lowest BCUT2D eigenvalue weighted by atomic mass is 9.76. The molecule has 0 spiro atoms. The van der Waals surface area contributed by atoms with Gasteiger partial charge in [-0.1, -0.05) is 32.0 Å². The molecule has 0 bridgehead atoms. The molecule has 9 nitrogen and oxygen atoms in total. The number of hydrogen-bond donors (Lipinski definition) is 3. The molecule has 0 saturated carbocycles. The Balaban J connectivity index is 1.55. The summed E-state index contributed by atoms with van der Waals surface area (Å²) in [7, 11) is -4.15. The van der Waals surface area contributed by atoms with Crippen LogP contribution in [0.5, 0.6) is 5.75 Å². The zero-order chi connectivity index (χ0) is 24.5. The molecule has 34 heavy (non-hydrogen) atoms. The third-order valence-corrected chi connectivity index (χ3v) is 7.95. The third kappa shape index (κ3) is 4.62. The van der Waals surface area contributed by atoms with Crippen LogP contribution in [0.4, 0.5) is 0 Å². The van der Waals surface area contributed by atoms with Crippen molar-refractivity contribution in [1.29, 1.82) is 0 Å². The minimum Gasteiger partial charge on any atom is -0.489 e. The molecule has 1 aliphatic heterocycles. The predicted molar refractivity (Wildman–Crippen MR) is 125 cm³/mol. The van der Waals surface area contributed by atoms with E-state index in [1.54, 1.807) is 37.7 Å². The van der Waals surface area contributed by atoms with Crippen LogP contribution in [0.3, 0.4) is 0 Å². The van der Waals surface area contributed by atoms with Gasteiger partial charge in [0.15, 0.2) is 0 Å². The van der Waals surface area contributed by atoms with Crippen LogP contribution >= 0.6 is 0 Å². The molecule has 10 heteroatoms. The van der Waals surface area contributed by atoms with Gasteiger partial charge in [0.2, 0.25) is 10.0 Å². The van der Waals surface area contributed by atoms with E-state index in [-0.39, 0.29) is 24.5 Å². The number of pyridine rings is 1. The van der Waals surface area contributed by atoms with Gasteiger partial charge in [-0.3, -0.25) is 15.0 Å². The molecule has 2 atom stereocenters. The number of nitrogens with zero attached hydrogens (tertiary/aromatic N) is 2. The van der Waals surface area contributed by atoms with Crippen LogP contribution in [0, 0.1) is 5.41 Å². The normalized spacial score (nSPS) is 20.7. The molecule has 4 rings (SSSR count). The average molecular weight is 486 g/mol. The summed E-state index contributed by atoms with van der Waals surface area (Å²) in [4.78, 5) is 16.7. The van der Waals surface area contributed by atoms with Gasteiger partial charge < -0.3 is 9.84 Å². The van der Waals surface area contributed by atoms with Crippen molar-refractivity contribution in [2.75, 3.05) is 6.54 Å². The van der Waals surface area contributed by atoms with E-state index >= 15 is 0 Å². The molecule has 2 heterocycles. The first-order valence-electron chi connectivity index (χ1n) is 10.8. The standard InChI is InChI=1S/C24H27N3O6S/c1-24(2)13-17(28)14-27(22(24)23(29)26-30)34(31,32)19-9-7-18(8-10-19)33-15-16-11-12-25-21-6-4-3-5-20(16)21/h3-12,17,22,28,30H,13-15H2,1-2H3,(H,26,29). The fourth-order valence-corrected chi connectivity index (χ4v) is 6.33. The zero-order valence-electron chi connectivity index (χ0n) is 18.9. The Morgan fingerprint density at radius 2 is 1.88 bits per heavy atom. The van der Waals surface area contributed by atoms with Crippen molar-refractivity contribution in [2.24, 2.45) is 5.41 Å². The molecule has 0 radical (unpaired) electrons. The monoisotopic (exact) mass is 485 g/mol. The number of piperidine rings is 1. The van der Waals surface area contributed by atoms with Crippen molar-refractivity contribution in [3.8, 4) is 5.75 Å². The minimum absolute atomic E-state index is 0.0464. The first-order chi connectivity index (χ1) is 16.1. The fourth-order valence-electron chi connectivity index (χ4n) is 4.56. The van der Waals surface area contributed by atoms with Gasteiger partial charge in [0, 0.05) is 23.7 Å². The average Bonchev–Trinajstić information content (AvgIpc) is 2.81. The highest BCUT2D eigenvalue weighted by Gasteiger charge is 2.50. The summed E-state index contributed by atoms with van der Waals surface area (Å²) in [6, 6.07) is 14.3. The van der Waals surface area contributed by atoms with Crippen LogP contribution < -0.4 is 10.2 Å². The number of β-amino-alcohol motifs (C(OH)–C–C–N with tert-alkyl or cyclic N) is 1. The summed E-state index contributed by atoms with van der Waals surface area (Å²) in [5, 5.41) is 20.4. The number of carbonyl (C=O) groups excluding carboxylic acids is 1. The van der Waals surface area contributed by atoms with Gasteiger partial charge in [-0.05, 0) is 48.2 Å². The molecule has 1 aromatic heterocycles. The van der Waals surface area contributed by atoms with Crippen LogP contribution in [-0.4, -0.2) is 52.6 Å². The number of ether oxygens (including phenoxy) is 1. The van der Waals surface area contributed by atoms with Crippen LogP contribution in [0.15, 0.2) is 65.7 Å². The highest BCUT2D eigenvalue weighted by molar-refractivity contribution is 7.89. The summed E-state index contributed by atoms with van der Waals surface area (Å²) in [5.74, 6) is -0.367. The molecule has 0 aliphatic carbocycles. The summed E-state index contributed by atoms with van der Waals surface area (Å²) in [6.07, 6.45) is 0.989. The lowest BCUT2D eigenvalue weighted by Gasteiger charge is -2.45. The maximum absolute atomic E-state index is 13.4. The minimum atomic E-state index is -4.15. The van der Waals surface area contributed by atoms with Gasteiger partial charge in [-0.2, -0.15) is 4.31 Å². The molecule has 3 N–H and O–H groups in total. The number of fused-ring (bicyclic) bond motifs is 1. The maximum atomic E-state index is 13.4. The summed E-state index contributed by atoms with van der Waals surface area (Å²) < 4.78 is 33.6. The molecular weight excluding hydrogens is 458 g/mol. The molecule has 1 saturated heterocycles. The number of aliphatic hydroxyl groups is 1. The number of amides is 1. The van der Waals surface area contributed by atoms with Crippen LogP contribution in [-0.2, 0) is 21.4 Å². The van der Waals surface area contributed by atoms with Gasteiger partial charge in [-0.25, -0.2) is 13.9 Å². The second-order valence-electron chi connectivity index (χ2n) is 9.05. The number of rotatable bonds is 6. The number of aromatic nitrogens is 1. The Labute approximate surface area is 198 Å². The predicted octanol–water partition coefficient (Wildman–Crippen LogP) is 2.47. The smallest absolute Gasteiger partial charge is 0.262 e. The van der Waals surface area contributed by atoms with Crippen LogP contribution in [0.1, 0.15) is 25.8 Å². The van der Waals surface area contributed by atoms with Crippen molar-refractivity contribution in [1.82, 2.24) is 14.8 Å². The first-order valence-corrected chi connectivity index (χ1v) is 12.3. The van der Waals surface area contributed by atoms with Gasteiger partial charge in [0.05, 0.1) is 16.5 Å². The van der Waals surface area contributed by atoms with Gasteiger partial charge >= 0.3 is 0 Å². The quantitative estimate of drug-likeness (QED) is 0.361. The number of aliphatic hydroxyl groups excluding tert-OH is 1. The number of sulfonamides is 1. The van der Waals surface area contributed by atoms with Crippen molar-refractivity contribution in [3.63, 3.8) is 0 Å². The molecule has 3 aromatic rings. The summed E-state index contributed by atoms with van der Waals surface area (Å²) in [6.45, 7) is 3.38. The van der Waals surface area contributed by atoms with E-state index in [9.17, 15) is 23.5 Å². The SMILES string of the molecule is CC1(C)CC(O)CN(S(=O)(=O)c2ccc(OCc3ccnc4ccccc34)cc2)C1C(=O)NO. The van der Waals surface area contributed by atoms with E-state index < -0.39 is 33.5 Å². The van der Waals surface area contributed by atoms with Crippen molar-refractivity contribution >= 4 is 26.8 Å². The highest BCUT2D eigenvalue weighted by Crippen LogP contribution is 2.38. The number of hydrogen-bond acceptors (Lipinski definition) is 7. The molecule has 1 fully saturated rings. The van der Waals surface area contributed by atoms with E-state index in [0.29, 0.717) is 5.75 Å².